The fourth-order valence-corrected chi connectivity index (χ4v) is 1.08. The molecule has 0 aliphatic carbocycles. The Balaban J connectivity index is 3.02. The van der Waals surface area contributed by atoms with Gasteiger partial charge in [-0.2, -0.15) is 0 Å². The van der Waals surface area contributed by atoms with Gasteiger partial charge in [0.25, 0.3) is 0 Å². The van der Waals surface area contributed by atoms with E-state index in [9.17, 15) is 4.39 Å². The molecule has 1 aromatic rings. The van der Waals surface area contributed by atoms with E-state index in [0.717, 1.165) is 5.71 Å². The van der Waals surface area contributed by atoms with Crippen molar-refractivity contribution < 1.29 is 4.39 Å². The minimum Gasteiger partial charge on any atom is -0.290 e. The molecule has 0 atom stereocenters. The molecule has 0 spiro atoms. The molecule has 0 N–H and O–H groups in total. The second-order valence-corrected chi connectivity index (χ2v) is 2.54. The van der Waals surface area contributed by atoms with E-state index in [4.69, 9.17) is 0 Å². The zero-order chi connectivity index (χ0) is 8.97. The molecule has 0 unspecified atom stereocenters. The number of nitrogens with zero attached hydrogens (tertiary/aromatic N) is 1. The Kier molecular flexibility index (Phi) is 2.97. The molecule has 0 radical (unpaired) electrons. The quantitative estimate of drug-likeness (QED) is 0.597. The van der Waals surface area contributed by atoms with E-state index in [2.05, 4.69) is 4.99 Å². The normalized spacial score (nSPS) is 11.8. The zero-order valence-corrected chi connectivity index (χ0v) is 7.34. The monoisotopic (exact) mass is 165 g/mol. The van der Waals surface area contributed by atoms with Crippen molar-refractivity contribution in [3.63, 3.8) is 0 Å². The number of aliphatic imine (C=N–C) groups is 1. The van der Waals surface area contributed by atoms with Crippen molar-refractivity contribution in [1.29, 1.82) is 0 Å². The predicted octanol–water partition coefficient (Wildman–Crippen LogP) is 2.65. The molecule has 0 saturated carbocycles. The van der Waals surface area contributed by atoms with E-state index < -0.39 is 0 Å². The highest BCUT2D eigenvalue weighted by Crippen LogP contribution is 2.07. The van der Waals surface area contributed by atoms with E-state index >= 15 is 0 Å². The Labute approximate surface area is 72.0 Å². The molecule has 0 aliphatic rings. The zero-order valence-electron chi connectivity index (χ0n) is 7.34. The molecule has 0 aromatic heterocycles. The first-order valence-electron chi connectivity index (χ1n) is 4.01. The summed E-state index contributed by atoms with van der Waals surface area (Å²) in [5, 5.41) is 0. The Morgan fingerprint density at radius 3 is 2.67 bits per heavy atom. The third-order valence-electron chi connectivity index (χ3n) is 1.66. The van der Waals surface area contributed by atoms with Gasteiger partial charge in [-0.25, -0.2) is 4.39 Å². The summed E-state index contributed by atoms with van der Waals surface area (Å²) in [6.07, 6.45) is 0. The molecule has 2 heteroatoms. The standard InChI is InChI=1S/C10H12FN/c1-3-12-8(2)9-6-4-5-7-10(9)11/h4-7H,3H2,1-2H3. The minimum absolute atomic E-state index is 0.202. The summed E-state index contributed by atoms with van der Waals surface area (Å²) in [5.74, 6) is -0.202. The highest BCUT2D eigenvalue weighted by Gasteiger charge is 2.01. The SMILES string of the molecule is CCN=C(C)c1ccccc1F. The molecule has 64 valence electrons. The molecule has 1 nitrogen and oxygen atoms in total. The third-order valence-corrected chi connectivity index (χ3v) is 1.66. The lowest BCUT2D eigenvalue weighted by Crippen LogP contribution is -1.98. The molecular formula is C10H12FN. The number of benzene rings is 1. The maximum Gasteiger partial charge on any atom is 0.132 e. The molecular weight excluding hydrogens is 153 g/mol. The minimum atomic E-state index is -0.202. The van der Waals surface area contributed by atoms with Gasteiger partial charge in [-0.1, -0.05) is 18.2 Å². The summed E-state index contributed by atoms with van der Waals surface area (Å²) in [6, 6.07) is 6.68. The largest absolute Gasteiger partial charge is 0.290 e. The Bertz CT molecular complexity index is 292. The average Bonchev–Trinajstić information content (AvgIpc) is 2.05. The van der Waals surface area contributed by atoms with Crippen molar-refractivity contribution in [2.45, 2.75) is 13.8 Å². The van der Waals surface area contributed by atoms with Crippen LogP contribution in [-0.4, -0.2) is 12.3 Å². The summed E-state index contributed by atoms with van der Waals surface area (Å²) in [5.41, 5.74) is 1.36. The van der Waals surface area contributed by atoms with Crippen molar-refractivity contribution in [1.82, 2.24) is 0 Å². The molecule has 12 heavy (non-hydrogen) atoms. The summed E-state index contributed by atoms with van der Waals surface area (Å²) in [7, 11) is 0. The van der Waals surface area contributed by atoms with Gasteiger partial charge in [0, 0.05) is 17.8 Å². The maximum absolute atomic E-state index is 13.1. The molecule has 0 heterocycles. The highest BCUT2D eigenvalue weighted by atomic mass is 19.1. The fourth-order valence-electron chi connectivity index (χ4n) is 1.08. The smallest absolute Gasteiger partial charge is 0.132 e. The van der Waals surface area contributed by atoms with Crippen LogP contribution in [-0.2, 0) is 0 Å². The molecule has 0 bridgehead atoms. The van der Waals surface area contributed by atoms with E-state index in [1.807, 2.05) is 19.9 Å². The Morgan fingerprint density at radius 2 is 2.08 bits per heavy atom. The van der Waals surface area contributed by atoms with Gasteiger partial charge >= 0.3 is 0 Å². The maximum atomic E-state index is 13.1. The Morgan fingerprint density at radius 1 is 1.42 bits per heavy atom. The van der Waals surface area contributed by atoms with Crippen LogP contribution < -0.4 is 0 Å². The summed E-state index contributed by atoms with van der Waals surface area (Å²) in [4.78, 5) is 4.13. The van der Waals surface area contributed by atoms with Crippen molar-refractivity contribution in [3.05, 3.63) is 35.6 Å². The van der Waals surface area contributed by atoms with Gasteiger partial charge in [0.15, 0.2) is 0 Å². The van der Waals surface area contributed by atoms with Gasteiger partial charge in [-0.3, -0.25) is 4.99 Å². The van der Waals surface area contributed by atoms with Crippen LogP contribution in [0, 0.1) is 5.82 Å². The van der Waals surface area contributed by atoms with Gasteiger partial charge in [0.05, 0.1) is 0 Å². The van der Waals surface area contributed by atoms with Crippen LogP contribution in [0.2, 0.25) is 0 Å². The van der Waals surface area contributed by atoms with Crippen LogP contribution in [0.1, 0.15) is 19.4 Å². The van der Waals surface area contributed by atoms with Crippen LogP contribution >= 0.6 is 0 Å². The van der Waals surface area contributed by atoms with Crippen molar-refractivity contribution in [2.75, 3.05) is 6.54 Å². The highest BCUT2D eigenvalue weighted by molar-refractivity contribution is 5.98. The molecule has 0 fully saturated rings. The van der Waals surface area contributed by atoms with Crippen LogP contribution in [0.4, 0.5) is 4.39 Å². The molecule has 1 aromatic carbocycles. The number of hydrogen-bond donors (Lipinski definition) is 0. The lowest BCUT2D eigenvalue weighted by atomic mass is 10.1. The molecule has 0 amide bonds. The number of halogens is 1. The first-order chi connectivity index (χ1) is 5.75. The first-order valence-corrected chi connectivity index (χ1v) is 4.01. The van der Waals surface area contributed by atoms with E-state index in [0.29, 0.717) is 12.1 Å². The number of hydrogen-bond acceptors (Lipinski definition) is 1. The molecule has 0 aliphatic heterocycles. The third kappa shape index (κ3) is 1.91. The van der Waals surface area contributed by atoms with Crippen LogP contribution in [0.15, 0.2) is 29.3 Å². The Hall–Kier alpha value is -1.18. The summed E-state index contributed by atoms with van der Waals surface area (Å²) >= 11 is 0. The van der Waals surface area contributed by atoms with Crippen LogP contribution in [0.3, 0.4) is 0 Å². The lowest BCUT2D eigenvalue weighted by Gasteiger charge is -2.00. The lowest BCUT2D eigenvalue weighted by molar-refractivity contribution is 0.625. The van der Waals surface area contributed by atoms with Gasteiger partial charge in [-0.05, 0) is 19.9 Å². The molecule has 1 rings (SSSR count). The molecule has 0 saturated heterocycles. The van der Waals surface area contributed by atoms with Gasteiger partial charge < -0.3 is 0 Å². The van der Waals surface area contributed by atoms with Crippen molar-refractivity contribution in [3.8, 4) is 0 Å². The number of rotatable bonds is 2. The second kappa shape index (κ2) is 4.00. The second-order valence-electron chi connectivity index (χ2n) is 2.54. The van der Waals surface area contributed by atoms with E-state index in [-0.39, 0.29) is 5.82 Å². The average molecular weight is 165 g/mol. The van der Waals surface area contributed by atoms with Crippen LogP contribution in [0.5, 0.6) is 0 Å². The summed E-state index contributed by atoms with van der Waals surface area (Å²) < 4.78 is 13.1. The van der Waals surface area contributed by atoms with Crippen molar-refractivity contribution >= 4 is 5.71 Å². The fraction of sp³-hybridized carbons (Fsp3) is 0.300. The first kappa shape index (κ1) is 8.91. The predicted molar refractivity (Wildman–Crippen MR) is 49.2 cm³/mol. The van der Waals surface area contributed by atoms with E-state index in [1.165, 1.54) is 6.07 Å². The van der Waals surface area contributed by atoms with Gasteiger partial charge in [0.1, 0.15) is 5.82 Å². The van der Waals surface area contributed by atoms with Crippen molar-refractivity contribution in [2.24, 2.45) is 4.99 Å². The van der Waals surface area contributed by atoms with Crippen LogP contribution in [0.25, 0.3) is 0 Å². The summed E-state index contributed by atoms with van der Waals surface area (Å²) in [6.45, 7) is 4.45. The van der Waals surface area contributed by atoms with Gasteiger partial charge in [-0.15, -0.1) is 0 Å². The topological polar surface area (TPSA) is 12.4 Å². The van der Waals surface area contributed by atoms with Gasteiger partial charge in [0.2, 0.25) is 0 Å². The van der Waals surface area contributed by atoms with E-state index in [1.54, 1.807) is 12.1 Å².